The van der Waals surface area contributed by atoms with E-state index in [0.29, 0.717) is 5.41 Å². The molecule has 0 heterocycles. The van der Waals surface area contributed by atoms with E-state index in [1.54, 1.807) is 0 Å². The summed E-state index contributed by atoms with van der Waals surface area (Å²) in [6.45, 7) is 6.68. The van der Waals surface area contributed by atoms with Gasteiger partial charge >= 0.3 is 0 Å². The molecule has 0 radical (unpaired) electrons. The maximum absolute atomic E-state index is 5.38. The normalized spacial score (nSPS) is 11.4. The van der Waals surface area contributed by atoms with Crippen LogP contribution in [-0.4, -0.2) is 0 Å². The molecular weight excluding hydrogens is 216 g/mol. The van der Waals surface area contributed by atoms with Crippen LogP contribution in [0.2, 0.25) is 0 Å². The van der Waals surface area contributed by atoms with Crippen LogP contribution in [0.4, 0.5) is 0 Å². The third-order valence-electron chi connectivity index (χ3n) is 1.79. The summed E-state index contributed by atoms with van der Waals surface area (Å²) in [5.41, 5.74) is 1.65. The van der Waals surface area contributed by atoms with Gasteiger partial charge in [-0.05, 0) is 29.5 Å². The predicted molar refractivity (Wildman–Crippen MR) is 63.7 cm³/mol. The third-order valence-corrected chi connectivity index (χ3v) is 2.23. The van der Waals surface area contributed by atoms with Gasteiger partial charge in [-0.25, -0.2) is 0 Å². The molecule has 78 valence electrons. The van der Waals surface area contributed by atoms with Crippen LogP contribution >= 0.6 is 21.9 Å². The van der Waals surface area contributed by atoms with Gasteiger partial charge in [-0.15, -0.1) is 0 Å². The molecule has 0 bridgehead atoms. The first-order valence-electron chi connectivity index (χ1n) is 4.55. The Morgan fingerprint density at radius 2 is 1.79 bits per heavy atom. The Kier molecular flexibility index (Phi) is 4.14. The average molecular weight is 231 g/mol. The first kappa shape index (κ1) is 11.7. The number of hydrogen-bond donors (Lipinski definition) is 0. The fourth-order valence-electron chi connectivity index (χ4n) is 1.31. The van der Waals surface area contributed by atoms with E-state index >= 15 is 0 Å². The fraction of sp³-hybridized carbons (Fsp3) is 0.455. The predicted octanol–water partition coefficient (Wildman–Crippen LogP) is 4.46. The lowest BCUT2D eigenvalue weighted by atomic mass is 9.88. The van der Waals surface area contributed by atoms with Crippen LogP contribution in [0.3, 0.4) is 0 Å². The summed E-state index contributed by atoms with van der Waals surface area (Å²) in [5, 5.41) is 0. The van der Waals surface area contributed by atoms with Crippen molar-refractivity contribution in [3.63, 3.8) is 0 Å². The Labute approximate surface area is 94.5 Å². The minimum atomic E-state index is 0.323. The van der Waals surface area contributed by atoms with Crippen LogP contribution < -0.4 is 4.18 Å². The highest BCUT2D eigenvalue weighted by molar-refractivity contribution is 8.17. The molecule has 0 fully saturated rings. The average Bonchev–Trinajstić information content (AvgIpc) is 2.06. The Balaban J connectivity index is 2.64. The summed E-state index contributed by atoms with van der Waals surface area (Å²) in [7, 11) is 5.38. The second-order valence-electron chi connectivity index (χ2n) is 4.53. The third kappa shape index (κ3) is 4.25. The van der Waals surface area contributed by atoms with Crippen LogP contribution in [0.25, 0.3) is 0 Å². The smallest absolute Gasteiger partial charge is 0.166 e. The van der Waals surface area contributed by atoms with Gasteiger partial charge in [0.25, 0.3) is 0 Å². The van der Waals surface area contributed by atoms with Crippen molar-refractivity contribution in [1.29, 1.82) is 0 Å². The van der Waals surface area contributed by atoms with Gasteiger partial charge in [-0.2, -0.15) is 0 Å². The van der Waals surface area contributed by atoms with Crippen molar-refractivity contribution >= 4 is 21.9 Å². The van der Waals surface area contributed by atoms with Gasteiger partial charge in [-0.3, -0.25) is 0 Å². The zero-order valence-corrected chi connectivity index (χ0v) is 10.3. The van der Waals surface area contributed by atoms with E-state index < -0.39 is 0 Å². The molecule has 0 saturated heterocycles. The van der Waals surface area contributed by atoms with E-state index in [4.69, 9.17) is 14.9 Å². The van der Waals surface area contributed by atoms with Crippen LogP contribution in [0.15, 0.2) is 24.3 Å². The molecular formula is C11H15ClOS. The second kappa shape index (κ2) is 4.94. The monoisotopic (exact) mass is 230 g/mol. The quantitative estimate of drug-likeness (QED) is 0.710. The Bertz CT molecular complexity index is 276. The van der Waals surface area contributed by atoms with Crippen molar-refractivity contribution in [2.24, 2.45) is 5.41 Å². The minimum Gasteiger partial charge on any atom is -0.409 e. The molecule has 1 rings (SSSR count). The largest absolute Gasteiger partial charge is 0.409 e. The second-order valence-corrected chi connectivity index (χ2v) is 5.20. The standard InChI is InChI=1S/C11H15ClOS/c1-11(2,3)8-9-4-6-10(7-5-9)13-14-12/h4-7H,8H2,1-3H3. The highest BCUT2D eigenvalue weighted by Gasteiger charge is 2.10. The summed E-state index contributed by atoms with van der Waals surface area (Å²) in [6, 6.07) is 8.04. The van der Waals surface area contributed by atoms with Gasteiger partial charge in [-0.1, -0.05) is 32.9 Å². The summed E-state index contributed by atoms with van der Waals surface area (Å²) in [4.78, 5) is 0. The highest BCUT2D eigenvalue weighted by Crippen LogP contribution is 2.24. The Morgan fingerprint density at radius 3 is 2.21 bits per heavy atom. The van der Waals surface area contributed by atoms with E-state index in [-0.39, 0.29) is 0 Å². The summed E-state index contributed by atoms with van der Waals surface area (Å²) >= 11 is 0.846. The molecule has 3 heteroatoms. The van der Waals surface area contributed by atoms with Crippen molar-refractivity contribution in [2.75, 3.05) is 0 Å². The van der Waals surface area contributed by atoms with Gasteiger partial charge in [0.15, 0.2) is 11.3 Å². The maximum Gasteiger partial charge on any atom is 0.166 e. The molecule has 0 atom stereocenters. The maximum atomic E-state index is 5.38. The van der Waals surface area contributed by atoms with E-state index in [1.807, 2.05) is 12.1 Å². The summed E-state index contributed by atoms with van der Waals surface area (Å²) < 4.78 is 5.07. The number of hydrogen-bond acceptors (Lipinski definition) is 2. The fourth-order valence-corrected chi connectivity index (χ4v) is 1.71. The lowest BCUT2D eigenvalue weighted by molar-refractivity contribution is 0.411. The number of rotatable bonds is 3. The Hall–Kier alpha value is -0.340. The van der Waals surface area contributed by atoms with E-state index in [2.05, 4.69) is 32.9 Å². The first-order chi connectivity index (χ1) is 6.51. The van der Waals surface area contributed by atoms with Crippen molar-refractivity contribution in [3.8, 4) is 5.75 Å². The molecule has 0 aliphatic heterocycles. The van der Waals surface area contributed by atoms with Crippen molar-refractivity contribution in [3.05, 3.63) is 29.8 Å². The lowest BCUT2D eigenvalue weighted by Crippen LogP contribution is -2.08. The molecule has 0 aliphatic carbocycles. The van der Waals surface area contributed by atoms with Crippen molar-refractivity contribution in [1.82, 2.24) is 0 Å². The van der Waals surface area contributed by atoms with Gasteiger partial charge < -0.3 is 4.18 Å². The van der Waals surface area contributed by atoms with E-state index in [0.717, 1.165) is 23.4 Å². The molecule has 1 nitrogen and oxygen atoms in total. The SMILES string of the molecule is CC(C)(C)Cc1ccc(OSCl)cc1. The molecule has 1 aromatic rings. The zero-order chi connectivity index (χ0) is 10.6. The van der Waals surface area contributed by atoms with Crippen LogP contribution in [0.1, 0.15) is 26.3 Å². The van der Waals surface area contributed by atoms with Crippen LogP contribution in [0, 0.1) is 5.41 Å². The minimum absolute atomic E-state index is 0.323. The summed E-state index contributed by atoms with van der Waals surface area (Å²) in [5.74, 6) is 0.794. The molecule has 0 amide bonds. The topological polar surface area (TPSA) is 9.23 Å². The number of halogens is 1. The molecule has 0 aliphatic rings. The van der Waals surface area contributed by atoms with Gasteiger partial charge in [0.2, 0.25) is 0 Å². The first-order valence-corrected chi connectivity index (χ1v) is 6.12. The van der Waals surface area contributed by atoms with Crippen molar-refractivity contribution < 1.29 is 4.18 Å². The lowest BCUT2D eigenvalue weighted by Gasteiger charge is -2.17. The highest BCUT2D eigenvalue weighted by atomic mass is 35.7. The van der Waals surface area contributed by atoms with Crippen LogP contribution in [0.5, 0.6) is 5.75 Å². The van der Waals surface area contributed by atoms with Crippen LogP contribution in [-0.2, 0) is 6.42 Å². The molecule has 0 saturated carbocycles. The summed E-state index contributed by atoms with van der Waals surface area (Å²) in [6.07, 6.45) is 1.07. The molecule has 1 aromatic carbocycles. The molecule has 0 N–H and O–H groups in total. The number of benzene rings is 1. The molecule has 0 spiro atoms. The van der Waals surface area contributed by atoms with E-state index in [9.17, 15) is 0 Å². The molecule has 14 heavy (non-hydrogen) atoms. The van der Waals surface area contributed by atoms with Crippen molar-refractivity contribution in [2.45, 2.75) is 27.2 Å². The van der Waals surface area contributed by atoms with Gasteiger partial charge in [0.1, 0.15) is 5.75 Å². The molecule has 0 aromatic heterocycles. The van der Waals surface area contributed by atoms with E-state index in [1.165, 1.54) is 5.56 Å². The zero-order valence-electron chi connectivity index (χ0n) is 8.71. The van der Waals surface area contributed by atoms with Gasteiger partial charge in [0, 0.05) is 10.7 Å². The molecule has 0 unspecified atom stereocenters. The van der Waals surface area contributed by atoms with Gasteiger partial charge in [0.05, 0.1) is 0 Å². The Morgan fingerprint density at radius 1 is 1.21 bits per heavy atom.